The Hall–Kier alpha value is -3.55. The van der Waals surface area contributed by atoms with Crippen LogP contribution in [-0.4, -0.2) is 43.5 Å². The number of nitrogens with zero attached hydrogens (tertiary/aromatic N) is 1. The van der Waals surface area contributed by atoms with E-state index in [9.17, 15) is 14.4 Å². The van der Waals surface area contributed by atoms with Gasteiger partial charge in [0.2, 0.25) is 5.91 Å². The second-order valence-electron chi connectivity index (χ2n) is 7.01. The topological polar surface area (TPSA) is 97.0 Å². The van der Waals surface area contributed by atoms with Crippen LogP contribution in [0.1, 0.15) is 24.5 Å². The fourth-order valence-electron chi connectivity index (χ4n) is 3.63. The van der Waals surface area contributed by atoms with Crippen molar-refractivity contribution in [3.8, 4) is 11.5 Å². The number of hydrogen-bond acceptors (Lipinski definition) is 5. The van der Waals surface area contributed by atoms with E-state index < -0.39 is 29.9 Å². The van der Waals surface area contributed by atoms with Gasteiger partial charge in [-0.05, 0) is 48.7 Å². The number of carbonyl (C=O) groups is 3. The first-order valence-electron chi connectivity index (χ1n) is 9.58. The van der Waals surface area contributed by atoms with Crippen LogP contribution >= 0.6 is 0 Å². The van der Waals surface area contributed by atoms with E-state index in [0.717, 1.165) is 10.5 Å². The van der Waals surface area contributed by atoms with E-state index in [4.69, 9.17) is 9.47 Å². The van der Waals surface area contributed by atoms with Gasteiger partial charge in [-0.2, -0.15) is 0 Å². The first-order chi connectivity index (χ1) is 14.4. The number of nitrogens with one attached hydrogen (secondary N) is 2. The van der Waals surface area contributed by atoms with Crippen LogP contribution in [0.15, 0.2) is 42.5 Å². The molecule has 1 saturated heterocycles. The van der Waals surface area contributed by atoms with Gasteiger partial charge in [-0.1, -0.05) is 25.1 Å². The van der Waals surface area contributed by atoms with Crippen molar-refractivity contribution in [2.45, 2.75) is 25.8 Å². The Morgan fingerprint density at radius 1 is 1.10 bits per heavy atom. The van der Waals surface area contributed by atoms with Gasteiger partial charge in [0.15, 0.2) is 0 Å². The van der Waals surface area contributed by atoms with E-state index in [1.165, 1.54) is 7.11 Å². The van der Waals surface area contributed by atoms with Gasteiger partial charge in [0.1, 0.15) is 23.6 Å². The number of rotatable bonds is 7. The molecule has 8 nitrogen and oxygen atoms in total. The molecule has 1 heterocycles. The van der Waals surface area contributed by atoms with Crippen molar-refractivity contribution in [2.75, 3.05) is 26.1 Å². The lowest BCUT2D eigenvalue weighted by atomic mass is 9.86. The van der Waals surface area contributed by atoms with Crippen LogP contribution in [0.2, 0.25) is 0 Å². The number of urea groups is 1. The Morgan fingerprint density at radius 3 is 2.43 bits per heavy atom. The zero-order chi connectivity index (χ0) is 21.9. The van der Waals surface area contributed by atoms with Crippen molar-refractivity contribution in [3.05, 3.63) is 53.6 Å². The highest BCUT2D eigenvalue weighted by Crippen LogP contribution is 2.34. The second-order valence-corrected chi connectivity index (χ2v) is 7.01. The molecule has 1 atom stereocenters. The number of aryl methyl sites for hydroxylation is 1. The second kappa shape index (κ2) is 8.44. The third-order valence-corrected chi connectivity index (χ3v) is 5.28. The molecule has 0 aromatic heterocycles. The molecular weight excluding hydrogens is 386 g/mol. The van der Waals surface area contributed by atoms with Gasteiger partial charge in [-0.25, -0.2) is 4.79 Å². The Kier molecular flexibility index (Phi) is 5.96. The van der Waals surface area contributed by atoms with Crippen LogP contribution in [0, 0.1) is 6.92 Å². The third-order valence-electron chi connectivity index (χ3n) is 5.28. The van der Waals surface area contributed by atoms with Crippen molar-refractivity contribution in [1.29, 1.82) is 0 Å². The molecule has 1 aliphatic heterocycles. The van der Waals surface area contributed by atoms with Gasteiger partial charge >= 0.3 is 6.03 Å². The number of hydrogen-bond donors (Lipinski definition) is 2. The number of benzene rings is 2. The largest absolute Gasteiger partial charge is 0.496 e. The summed E-state index contributed by atoms with van der Waals surface area (Å²) in [6, 6.07) is 11.6. The number of ether oxygens (including phenoxy) is 2. The lowest BCUT2D eigenvalue weighted by molar-refractivity contribution is -0.134. The first kappa shape index (κ1) is 21.2. The summed E-state index contributed by atoms with van der Waals surface area (Å²) in [6.07, 6.45) is 0.341. The smallest absolute Gasteiger partial charge is 0.325 e. The van der Waals surface area contributed by atoms with Gasteiger partial charge in [-0.3, -0.25) is 14.5 Å². The van der Waals surface area contributed by atoms with Crippen molar-refractivity contribution in [1.82, 2.24) is 10.2 Å². The minimum atomic E-state index is -1.22. The van der Waals surface area contributed by atoms with Crippen LogP contribution in [0.4, 0.5) is 10.5 Å². The van der Waals surface area contributed by atoms with Gasteiger partial charge in [-0.15, -0.1) is 0 Å². The lowest BCUT2D eigenvalue weighted by Crippen LogP contribution is -2.44. The Labute approximate surface area is 175 Å². The molecule has 4 amide bonds. The highest BCUT2D eigenvalue weighted by Gasteiger charge is 2.51. The Bertz CT molecular complexity index is 990. The summed E-state index contributed by atoms with van der Waals surface area (Å²) < 4.78 is 10.5. The number of para-hydroxylation sites is 2. The van der Waals surface area contributed by atoms with Crippen molar-refractivity contribution >= 4 is 23.5 Å². The van der Waals surface area contributed by atoms with Crippen LogP contribution in [0.5, 0.6) is 11.5 Å². The summed E-state index contributed by atoms with van der Waals surface area (Å²) in [7, 11) is 3.07. The molecule has 1 aliphatic rings. The number of amides is 4. The number of anilines is 1. The molecule has 1 unspecified atom stereocenters. The fraction of sp³-hybridized carbons (Fsp3) is 0.318. The summed E-state index contributed by atoms with van der Waals surface area (Å²) >= 11 is 0. The standard InChI is InChI=1S/C22H25N3O5/c1-5-22(15-10-11-17(29-3)14(2)12-15)20(27)25(21(28)24-22)13-19(26)23-16-8-6-7-9-18(16)30-4/h6-12H,5,13H2,1-4H3,(H,23,26)(H,24,28). The average Bonchev–Trinajstić information content (AvgIpc) is 2.99. The average molecular weight is 411 g/mol. The lowest BCUT2D eigenvalue weighted by Gasteiger charge is -2.26. The molecular formula is C22H25N3O5. The molecule has 158 valence electrons. The van der Waals surface area contributed by atoms with Gasteiger partial charge in [0.25, 0.3) is 5.91 Å². The molecule has 0 saturated carbocycles. The normalized spacial score (nSPS) is 18.2. The molecule has 0 aliphatic carbocycles. The maximum Gasteiger partial charge on any atom is 0.325 e. The predicted octanol–water partition coefficient (Wildman–Crippen LogP) is 2.81. The summed E-state index contributed by atoms with van der Waals surface area (Å²) in [4.78, 5) is 39.4. The monoisotopic (exact) mass is 411 g/mol. The minimum absolute atomic E-state index is 0.341. The van der Waals surface area contributed by atoms with E-state index in [-0.39, 0.29) is 0 Å². The summed E-state index contributed by atoms with van der Waals surface area (Å²) in [5, 5.41) is 5.47. The molecule has 2 aromatic carbocycles. The van der Waals surface area contributed by atoms with Crippen LogP contribution in [0.25, 0.3) is 0 Å². The molecule has 2 N–H and O–H groups in total. The van der Waals surface area contributed by atoms with E-state index in [0.29, 0.717) is 29.2 Å². The molecule has 2 aromatic rings. The molecule has 0 spiro atoms. The van der Waals surface area contributed by atoms with Crippen molar-refractivity contribution in [3.63, 3.8) is 0 Å². The predicted molar refractivity (Wildman–Crippen MR) is 112 cm³/mol. The Balaban J connectivity index is 1.82. The molecule has 3 rings (SSSR count). The minimum Gasteiger partial charge on any atom is -0.496 e. The highest BCUT2D eigenvalue weighted by molar-refractivity contribution is 6.10. The maximum absolute atomic E-state index is 13.3. The van der Waals surface area contributed by atoms with Crippen molar-refractivity contribution in [2.24, 2.45) is 0 Å². The van der Waals surface area contributed by atoms with Gasteiger partial charge in [0.05, 0.1) is 19.9 Å². The number of methoxy groups -OCH3 is 2. The molecule has 1 fully saturated rings. The number of imide groups is 1. The highest BCUT2D eigenvalue weighted by atomic mass is 16.5. The van der Waals surface area contributed by atoms with Gasteiger partial charge in [0, 0.05) is 0 Å². The zero-order valence-corrected chi connectivity index (χ0v) is 17.4. The molecule has 0 bridgehead atoms. The zero-order valence-electron chi connectivity index (χ0n) is 17.4. The van der Waals surface area contributed by atoms with Crippen molar-refractivity contribution < 1.29 is 23.9 Å². The first-order valence-corrected chi connectivity index (χ1v) is 9.58. The number of carbonyl (C=O) groups excluding carboxylic acids is 3. The Morgan fingerprint density at radius 2 is 1.80 bits per heavy atom. The SMILES string of the molecule is CCC1(c2ccc(OC)c(C)c2)NC(=O)N(CC(=O)Nc2ccccc2OC)C1=O. The fourth-order valence-corrected chi connectivity index (χ4v) is 3.63. The van der Waals surface area contributed by atoms with Crippen LogP contribution in [0.3, 0.4) is 0 Å². The maximum atomic E-state index is 13.3. The molecule has 8 heteroatoms. The third kappa shape index (κ3) is 3.68. The summed E-state index contributed by atoms with van der Waals surface area (Å²) in [5.41, 5.74) is 0.731. The van der Waals surface area contributed by atoms with E-state index in [1.54, 1.807) is 43.5 Å². The molecule has 30 heavy (non-hydrogen) atoms. The molecule has 0 radical (unpaired) electrons. The van der Waals surface area contributed by atoms with Crippen LogP contribution < -0.4 is 20.1 Å². The van der Waals surface area contributed by atoms with Crippen LogP contribution in [-0.2, 0) is 15.1 Å². The van der Waals surface area contributed by atoms with E-state index in [2.05, 4.69) is 10.6 Å². The quantitative estimate of drug-likeness (QED) is 0.683. The summed E-state index contributed by atoms with van der Waals surface area (Å²) in [5.74, 6) is 0.213. The van der Waals surface area contributed by atoms with E-state index in [1.807, 2.05) is 19.9 Å². The summed E-state index contributed by atoms with van der Waals surface area (Å²) in [6.45, 7) is 3.28. The van der Waals surface area contributed by atoms with Gasteiger partial charge < -0.3 is 20.1 Å². The van der Waals surface area contributed by atoms with E-state index >= 15 is 0 Å².